The van der Waals surface area contributed by atoms with Crippen LogP contribution in [0.3, 0.4) is 0 Å². The van der Waals surface area contributed by atoms with E-state index >= 15 is 0 Å². The summed E-state index contributed by atoms with van der Waals surface area (Å²) in [7, 11) is 0. The molecule has 1 aliphatic rings. The van der Waals surface area contributed by atoms with Crippen LogP contribution in [0.2, 0.25) is 0 Å². The van der Waals surface area contributed by atoms with Crippen LogP contribution in [-0.4, -0.2) is 25.5 Å². The van der Waals surface area contributed by atoms with Gasteiger partial charge in [0.25, 0.3) is 0 Å². The molecule has 20 heavy (non-hydrogen) atoms. The van der Waals surface area contributed by atoms with Crippen molar-refractivity contribution in [1.29, 1.82) is 0 Å². The highest BCUT2D eigenvalue weighted by Crippen LogP contribution is 2.41. The quantitative estimate of drug-likeness (QED) is 0.592. The molecule has 0 amide bonds. The van der Waals surface area contributed by atoms with Crippen molar-refractivity contribution in [3.05, 3.63) is 42.5 Å². The minimum Gasteiger partial charge on any atom is -0.489 e. The summed E-state index contributed by atoms with van der Waals surface area (Å²) in [4.78, 5) is 11.8. The van der Waals surface area contributed by atoms with Crippen LogP contribution in [0.5, 0.6) is 5.75 Å². The minimum absolute atomic E-state index is 0.150. The summed E-state index contributed by atoms with van der Waals surface area (Å²) in [5.74, 6) is 0.114. The molecule has 0 aliphatic carbocycles. The van der Waals surface area contributed by atoms with Crippen LogP contribution in [0.15, 0.2) is 36.9 Å². The molecular formula is C16H20O4. The van der Waals surface area contributed by atoms with Crippen LogP contribution in [0.25, 0.3) is 0 Å². The van der Waals surface area contributed by atoms with Crippen LogP contribution >= 0.6 is 0 Å². The lowest BCUT2D eigenvalue weighted by Crippen LogP contribution is -2.21. The Morgan fingerprint density at radius 3 is 2.85 bits per heavy atom. The van der Waals surface area contributed by atoms with Crippen molar-refractivity contribution in [2.75, 3.05) is 13.2 Å². The fourth-order valence-corrected chi connectivity index (χ4v) is 2.43. The number of esters is 1. The third-order valence-corrected chi connectivity index (χ3v) is 3.40. The summed E-state index contributed by atoms with van der Waals surface area (Å²) in [5, 5.41) is 0. The van der Waals surface area contributed by atoms with Gasteiger partial charge in [0.2, 0.25) is 6.29 Å². The van der Waals surface area contributed by atoms with Crippen molar-refractivity contribution in [3.63, 3.8) is 0 Å². The van der Waals surface area contributed by atoms with Crippen molar-refractivity contribution < 1.29 is 19.0 Å². The maximum Gasteiger partial charge on any atom is 0.311 e. The van der Waals surface area contributed by atoms with Gasteiger partial charge in [-0.15, -0.1) is 0 Å². The maximum absolute atomic E-state index is 11.8. The second-order valence-electron chi connectivity index (χ2n) is 4.71. The largest absolute Gasteiger partial charge is 0.489 e. The van der Waals surface area contributed by atoms with Crippen LogP contribution in [-0.2, 0) is 14.3 Å². The molecule has 0 spiro atoms. The summed E-state index contributed by atoms with van der Waals surface area (Å²) in [6.07, 6.45) is 1.15. The van der Waals surface area contributed by atoms with Gasteiger partial charge >= 0.3 is 5.97 Å². The molecule has 1 aromatic rings. The maximum atomic E-state index is 11.8. The van der Waals surface area contributed by atoms with Gasteiger partial charge in [0.15, 0.2) is 0 Å². The van der Waals surface area contributed by atoms with Gasteiger partial charge in [-0.3, -0.25) is 4.79 Å². The first-order valence-electron chi connectivity index (χ1n) is 6.83. The van der Waals surface area contributed by atoms with Gasteiger partial charge in [-0.25, -0.2) is 0 Å². The fraction of sp³-hybridized carbons (Fsp3) is 0.438. The zero-order chi connectivity index (χ0) is 14.5. The summed E-state index contributed by atoms with van der Waals surface area (Å²) in [6, 6.07) is 7.67. The van der Waals surface area contributed by atoms with E-state index in [2.05, 4.69) is 6.58 Å². The molecule has 3 unspecified atom stereocenters. The second kappa shape index (κ2) is 6.57. The number of hydrogen-bond donors (Lipinski definition) is 0. The number of hydrogen-bond acceptors (Lipinski definition) is 4. The summed E-state index contributed by atoms with van der Waals surface area (Å²) >= 11 is 0. The van der Waals surface area contributed by atoms with E-state index in [-0.39, 0.29) is 17.8 Å². The molecule has 3 atom stereocenters. The fourth-order valence-electron chi connectivity index (χ4n) is 2.43. The Morgan fingerprint density at radius 1 is 1.40 bits per heavy atom. The van der Waals surface area contributed by atoms with Gasteiger partial charge in [0, 0.05) is 12.2 Å². The highest BCUT2D eigenvalue weighted by Gasteiger charge is 2.44. The number of para-hydroxylation sites is 1. The molecule has 4 heteroatoms. The number of cyclic esters (lactones) is 1. The van der Waals surface area contributed by atoms with E-state index < -0.39 is 6.29 Å². The van der Waals surface area contributed by atoms with Crippen molar-refractivity contribution >= 4 is 5.97 Å². The first kappa shape index (κ1) is 14.6. The topological polar surface area (TPSA) is 44.8 Å². The molecule has 1 fully saturated rings. The molecule has 1 saturated heterocycles. The van der Waals surface area contributed by atoms with E-state index in [9.17, 15) is 4.79 Å². The molecule has 2 rings (SSSR count). The first-order valence-corrected chi connectivity index (χ1v) is 6.83. The highest BCUT2D eigenvalue weighted by atomic mass is 16.7. The Balaban J connectivity index is 2.32. The van der Waals surface area contributed by atoms with Crippen LogP contribution in [0, 0.1) is 5.92 Å². The van der Waals surface area contributed by atoms with Crippen molar-refractivity contribution in [1.82, 2.24) is 0 Å². The average Bonchev–Trinajstić information content (AvgIpc) is 2.72. The lowest BCUT2D eigenvalue weighted by atomic mass is 9.88. The minimum atomic E-state index is -0.545. The molecule has 0 radical (unpaired) electrons. The highest BCUT2D eigenvalue weighted by molar-refractivity contribution is 5.76. The predicted molar refractivity (Wildman–Crippen MR) is 75.5 cm³/mol. The van der Waals surface area contributed by atoms with Crippen molar-refractivity contribution in [2.45, 2.75) is 26.1 Å². The smallest absolute Gasteiger partial charge is 0.311 e. The standard InChI is InChI=1S/C16H20O4/c1-4-10-19-13-9-7-6-8-12(13)14-11(3)15(17)20-16(14)18-5-2/h4,6-9,11,14,16H,1,5,10H2,2-3H3. The molecular weight excluding hydrogens is 256 g/mol. The monoisotopic (exact) mass is 276 g/mol. The van der Waals surface area contributed by atoms with E-state index in [1.807, 2.05) is 38.1 Å². The molecule has 1 aliphatic heterocycles. The first-order chi connectivity index (χ1) is 9.69. The molecule has 0 aromatic heterocycles. The van der Waals surface area contributed by atoms with Crippen molar-refractivity contribution in [2.24, 2.45) is 5.92 Å². The van der Waals surface area contributed by atoms with Gasteiger partial charge in [0.1, 0.15) is 12.4 Å². The van der Waals surface area contributed by atoms with Gasteiger partial charge in [-0.1, -0.05) is 37.8 Å². The zero-order valence-electron chi connectivity index (χ0n) is 11.9. The molecule has 1 aromatic carbocycles. The Labute approximate surface area is 119 Å². The SMILES string of the molecule is C=CCOc1ccccc1C1C(OCC)OC(=O)C1C. The van der Waals surface area contributed by atoms with Crippen molar-refractivity contribution in [3.8, 4) is 5.75 Å². The summed E-state index contributed by atoms with van der Waals surface area (Å²) in [6.45, 7) is 8.31. The summed E-state index contributed by atoms with van der Waals surface area (Å²) in [5.41, 5.74) is 0.936. The van der Waals surface area contributed by atoms with Gasteiger partial charge in [-0.2, -0.15) is 0 Å². The lowest BCUT2D eigenvalue weighted by Gasteiger charge is -2.21. The number of benzene rings is 1. The molecule has 0 N–H and O–H groups in total. The molecule has 108 valence electrons. The van der Waals surface area contributed by atoms with Gasteiger partial charge in [-0.05, 0) is 13.0 Å². The number of carbonyl (C=O) groups excluding carboxylic acids is 1. The Hall–Kier alpha value is -1.81. The zero-order valence-corrected chi connectivity index (χ0v) is 11.9. The third kappa shape index (κ3) is 2.85. The van der Waals surface area contributed by atoms with E-state index in [0.717, 1.165) is 11.3 Å². The lowest BCUT2D eigenvalue weighted by molar-refractivity contribution is -0.163. The Kier molecular flexibility index (Phi) is 4.79. The molecule has 1 heterocycles. The van der Waals surface area contributed by atoms with E-state index in [4.69, 9.17) is 14.2 Å². The molecule has 4 nitrogen and oxygen atoms in total. The number of carbonyl (C=O) groups is 1. The van der Waals surface area contributed by atoms with E-state index in [0.29, 0.717) is 13.2 Å². The Bertz CT molecular complexity index is 483. The van der Waals surface area contributed by atoms with Crippen LogP contribution in [0.4, 0.5) is 0 Å². The van der Waals surface area contributed by atoms with Gasteiger partial charge in [0.05, 0.1) is 11.8 Å². The predicted octanol–water partition coefficient (Wildman–Crippen LogP) is 2.89. The van der Waals surface area contributed by atoms with E-state index in [1.54, 1.807) is 6.08 Å². The normalized spacial score (nSPS) is 25.3. The van der Waals surface area contributed by atoms with Gasteiger partial charge < -0.3 is 14.2 Å². The molecule has 0 bridgehead atoms. The number of rotatable bonds is 6. The van der Waals surface area contributed by atoms with Crippen LogP contribution < -0.4 is 4.74 Å². The molecule has 0 saturated carbocycles. The summed E-state index contributed by atoms with van der Waals surface area (Å²) < 4.78 is 16.5. The third-order valence-electron chi connectivity index (χ3n) is 3.40. The second-order valence-corrected chi connectivity index (χ2v) is 4.71. The average molecular weight is 276 g/mol. The van der Waals surface area contributed by atoms with E-state index in [1.165, 1.54) is 0 Å². The Morgan fingerprint density at radius 2 is 2.15 bits per heavy atom. The van der Waals surface area contributed by atoms with Crippen LogP contribution in [0.1, 0.15) is 25.3 Å². The number of ether oxygens (including phenoxy) is 3.